The summed E-state index contributed by atoms with van der Waals surface area (Å²) in [4.78, 5) is 22.1. The molecule has 0 aliphatic carbocycles. The summed E-state index contributed by atoms with van der Waals surface area (Å²) in [6.07, 6.45) is 0.396. The predicted octanol–water partition coefficient (Wildman–Crippen LogP) is 2.54. The largest absolute Gasteiger partial charge is 0.481 e. The first kappa shape index (κ1) is 15.5. The van der Waals surface area contributed by atoms with E-state index in [9.17, 15) is 9.59 Å². The van der Waals surface area contributed by atoms with Gasteiger partial charge in [-0.05, 0) is 11.4 Å². The van der Waals surface area contributed by atoms with E-state index in [2.05, 4.69) is 5.32 Å². The summed E-state index contributed by atoms with van der Waals surface area (Å²) < 4.78 is 0. The molecule has 102 valence electrons. The van der Waals surface area contributed by atoms with E-state index in [1.54, 1.807) is 11.4 Å². The van der Waals surface area contributed by atoms with Gasteiger partial charge in [-0.2, -0.15) is 17.0 Å². The number of aliphatic carboxylic acids is 1. The molecule has 0 saturated heterocycles. The van der Waals surface area contributed by atoms with Crippen LogP contribution in [0.5, 0.6) is 0 Å². The lowest BCUT2D eigenvalue weighted by Crippen LogP contribution is -2.13. The Kier molecular flexibility index (Phi) is 6.39. The highest BCUT2D eigenvalue weighted by molar-refractivity contribution is 7.99. The molecule has 1 rings (SSSR count). The van der Waals surface area contributed by atoms with Crippen molar-refractivity contribution in [2.45, 2.75) is 25.0 Å². The fraction of sp³-hybridized carbons (Fsp3) is 0.417. The summed E-state index contributed by atoms with van der Waals surface area (Å²) >= 11 is 2.76. The summed E-state index contributed by atoms with van der Waals surface area (Å²) in [6.45, 7) is 1.82. The summed E-state index contributed by atoms with van der Waals surface area (Å²) in [5.41, 5.74) is 0.463. The quantitative estimate of drug-likeness (QED) is 0.807. The number of carbonyl (C=O) groups is 2. The second-order valence-corrected chi connectivity index (χ2v) is 6.32. The molecule has 0 saturated carbocycles. The number of hydrogen-bond donors (Lipinski definition) is 2. The van der Waals surface area contributed by atoms with E-state index < -0.39 is 5.97 Å². The normalized spacial score (nSPS) is 11.6. The van der Waals surface area contributed by atoms with E-state index in [-0.39, 0.29) is 17.6 Å². The summed E-state index contributed by atoms with van der Waals surface area (Å²) in [7, 11) is 0. The number of rotatable bonds is 7. The van der Waals surface area contributed by atoms with Crippen molar-refractivity contribution in [1.82, 2.24) is 0 Å². The van der Waals surface area contributed by atoms with Crippen LogP contribution in [-0.2, 0) is 9.59 Å². The van der Waals surface area contributed by atoms with Crippen molar-refractivity contribution in [2.24, 2.45) is 0 Å². The average molecular weight is 298 g/mol. The Hall–Kier alpha value is -1.52. The third-order valence-electron chi connectivity index (χ3n) is 2.23. The lowest BCUT2D eigenvalue weighted by molar-refractivity contribution is -0.136. The Balaban J connectivity index is 2.29. The highest BCUT2D eigenvalue weighted by atomic mass is 32.2. The molecule has 1 aromatic heterocycles. The molecule has 2 N–H and O–H groups in total. The van der Waals surface area contributed by atoms with E-state index in [4.69, 9.17) is 10.4 Å². The van der Waals surface area contributed by atoms with Gasteiger partial charge in [0, 0.05) is 17.4 Å². The van der Waals surface area contributed by atoms with Crippen molar-refractivity contribution in [2.75, 3.05) is 11.1 Å². The van der Waals surface area contributed by atoms with Gasteiger partial charge in [0.1, 0.15) is 11.1 Å². The van der Waals surface area contributed by atoms with Gasteiger partial charge in [-0.3, -0.25) is 9.59 Å². The highest BCUT2D eigenvalue weighted by Gasteiger charge is 2.11. The van der Waals surface area contributed by atoms with Crippen LogP contribution in [0.3, 0.4) is 0 Å². The number of anilines is 1. The van der Waals surface area contributed by atoms with Crippen LogP contribution in [0.25, 0.3) is 0 Å². The Morgan fingerprint density at radius 2 is 2.37 bits per heavy atom. The molecule has 0 radical (unpaired) electrons. The molecule has 0 aliphatic heterocycles. The second kappa shape index (κ2) is 7.81. The number of nitriles is 1. The van der Waals surface area contributed by atoms with Crippen molar-refractivity contribution >= 4 is 40.0 Å². The van der Waals surface area contributed by atoms with Gasteiger partial charge in [0.25, 0.3) is 0 Å². The summed E-state index contributed by atoms with van der Waals surface area (Å²) in [6, 6.07) is 3.66. The maximum absolute atomic E-state index is 11.6. The Bertz CT molecular complexity index is 493. The molecular formula is C12H14N2O3S2. The molecule has 1 aromatic rings. The summed E-state index contributed by atoms with van der Waals surface area (Å²) in [5, 5.41) is 22.4. The number of carbonyl (C=O) groups excluding carboxylic acids is 1. The molecule has 1 unspecified atom stereocenters. The number of nitrogens with one attached hydrogen (secondary N) is 1. The molecule has 19 heavy (non-hydrogen) atoms. The zero-order valence-electron chi connectivity index (χ0n) is 10.4. The minimum absolute atomic E-state index is 0.0123. The lowest BCUT2D eigenvalue weighted by atomic mass is 10.3. The number of nitrogens with zero attached hydrogens (tertiary/aromatic N) is 1. The number of carboxylic acid groups (broad SMARTS) is 1. The second-order valence-electron chi connectivity index (χ2n) is 3.85. The minimum atomic E-state index is -0.832. The molecule has 0 aromatic carbocycles. The van der Waals surface area contributed by atoms with Crippen molar-refractivity contribution in [3.05, 3.63) is 17.0 Å². The molecule has 1 heterocycles. The van der Waals surface area contributed by atoms with Gasteiger partial charge >= 0.3 is 5.97 Å². The Labute approximate surface area is 119 Å². The zero-order chi connectivity index (χ0) is 14.3. The van der Waals surface area contributed by atoms with E-state index >= 15 is 0 Å². The SMILES string of the molecule is CC(CC(=O)O)SCCC(=O)Nc1sccc1C#N. The van der Waals surface area contributed by atoms with E-state index in [1.807, 2.05) is 13.0 Å². The smallest absolute Gasteiger partial charge is 0.304 e. The van der Waals surface area contributed by atoms with Crippen molar-refractivity contribution in [3.8, 4) is 6.07 Å². The van der Waals surface area contributed by atoms with Crippen LogP contribution in [-0.4, -0.2) is 28.0 Å². The van der Waals surface area contributed by atoms with Crippen LogP contribution >= 0.6 is 23.1 Å². The molecule has 1 atom stereocenters. The highest BCUT2D eigenvalue weighted by Crippen LogP contribution is 2.22. The van der Waals surface area contributed by atoms with Crippen molar-refractivity contribution < 1.29 is 14.7 Å². The standard InChI is InChI=1S/C12H14N2O3S2/c1-8(6-11(16)17)18-5-3-10(15)14-12-9(7-13)2-4-19-12/h2,4,8H,3,5-6H2,1H3,(H,14,15)(H,16,17). The molecule has 1 amide bonds. The molecular weight excluding hydrogens is 284 g/mol. The van der Waals surface area contributed by atoms with Gasteiger partial charge in [-0.1, -0.05) is 6.92 Å². The molecule has 0 fully saturated rings. The molecule has 0 bridgehead atoms. The van der Waals surface area contributed by atoms with Crippen LogP contribution in [0.2, 0.25) is 0 Å². The van der Waals surface area contributed by atoms with Gasteiger partial charge in [0.15, 0.2) is 0 Å². The predicted molar refractivity (Wildman–Crippen MR) is 76.5 cm³/mol. The average Bonchev–Trinajstić information content (AvgIpc) is 2.75. The van der Waals surface area contributed by atoms with Crippen LogP contribution < -0.4 is 5.32 Å². The maximum atomic E-state index is 11.6. The van der Waals surface area contributed by atoms with Crippen LogP contribution in [0.15, 0.2) is 11.4 Å². The number of hydrogen-bond acceptors (Lipinski definition) is 5. The van der Waals surface area contributed by atoms with Crippen molar-refractivity contribution in [3.63, 3.8) is 0 Å². The summed E-state index contributed by atoms with van der Waals surface area (Å²) in [5.74, 6) is -0.427. The zero-order valence-corrected chi connectivity index (χ0v) is 12.0. The fourth-order valence-corrected chi connectivity index (χ4v) is 3.06. The lowest BCUT2D eigenvalue weighted by Gasteiger charge is -2.08. The fourth-order valence-electron chi connectivity index (χ4n) is 1.34. The van der Waals surface area contributed by atoms with Gasteiger partial charge in [-0.15, -0.1) is 11.3 Å². The number of thioether (sulfide) groups is 1. The first-order chi connectivity index (χ1) is 9.02. The number of thiophene rings is 1. The van der Waals surface area contributed by atoms with Gasteiger partial charge in [0.05, 0.1) is 12.0 Å². The molecule has 0 spiro atoms. The van der Waals surface area contributed by atoms with Gasteiger partial charge in [0.2, 0.25) is 5.91 Å². The number of amides is 1. The third-order valence-corrected chi connectivity index (χ3v) is 4.24. The first-order valence-corrected chi connectivity index (χ1v) is 7.56. The first-order valence-electron chi connectivity index (χ1n) is 5.63. The van der Waals surface area contributed by atoms with Crippen LogP contribution in [0.1, 0.15) is 25.3 Å². The Morgan fingerprint density at radius 3 is 3.00 bits per heavy atom. The van der Waals surface area contributed by atoms with Gasteiger partial charge in [-0.25, -0.2) is 0 Å². The topological polar surface area (TPSA) is 90.2 Å². The minimum Gasteiger partial charge on any atom is -0.481 e. The molecule has 7 heteroatoms. The molecule has 5 nitrogen and oxygen atoms in total. The van der Waals surface area contributed by atoms with Gasteiger partial charge < -0.3 is 10.4 Å². The maximum Gasteiger partial charge on any atom is 0.304 e. The van der Waals surface area contributed by atoms with E-state index in [1.165, 1.54) is 23.1 Å². The van der Waals surface area contributed by atoms with E-state index in [0.29, 0.717) is 22.7 Å². The monoisotopic (exact) mass is 298 g/mol. The van der Waals surface area contributed by atoms with Crippen LogP contribution in [0, 0.1) is 11.3 Å². The Morgan fingerprint density at radius 1 is 1.63 bits per heavy atom. The number of carboxylic acids is 1. The van der Waals surface area contributed by atoms with Crippen LogP contribution in [0.4, 0.5) is 5.00 Å². The van der Waals surface area contributed by atoms with Crippen molar-refractivity contribution in [1.29, 1.82) is 5.26 Å². The molecule has 0 aliphatic rings. The third kappa shape index (κ3) is 5.77. The van der Waals surface area contributed by atoms with E-state index in [0.717, 1.165) is 0 Å².